The molecule has 0 saturated carbocycles. The normalized spacial score (nSPS) is 19.5. The van der Waals surface area contributed by atoms with Crippen LogP contribution in [0.5, 0.6) is 0 Å². The summed E-state index contributed by atoms with van der Waals surface area (Å²) < 4.78 is 0. The van der Waals surface area contributed by atoms with Crippen LogP contribution < -0.4 is 5.32 Å². The fourth-order valence-electron chi connectivity index (χ4n) is 2.35. The van der Waals surface area contributed by atoms with Crippen molar-refractivity contribution in [3.63, 3.8) is 0 Å². The van der Waals surface area contributed by atoms with Crippen LogP contribution in [0.15, 0.2) is 53.7 Å². The van der Waals surface area contributed by atoms with Crippen molar-refractivity contribution >= 4 is 11.8 Å². The molecule has 1 aliphatic heterocycles. The van der Waals surface area contributed by atoms with E-state index >= 15 is 0 Å². The maximum Gasteiger partial charge on any atom is 0.0431 e. The van der Waals surface area contributed by atoms with E-state index in [2.05, 4.69) is 53.6 Å². The number of hydrogen-bond donors (Lipinski definition) is 1. The number of benzene rings is 1. The molecule has 0 radical (unpaired) electrons. The summed E-state index contributed by atoms with van der Waals surface area (Å²) in [7, 11) is 0. The zero-order valence-electron chi connectivity index (χ0n) is 10.3. The lowest BCUT2D eigenvalue weighted by molar-refractivity contribution is 0.501. The summed E-state index contributed by atoms with van der Waals surface area (Å²) >= 11 is 1.94. The molecule has 0 amide bonds. The van der Waals surface area contributed by atoms with Crippen molar-refractivity contribution in [1.82, 2.24) is 10.3 Å². The summed E-state index contributed by atoms with van der Waals surface area (Å²) in [6.07, 6.45) is 3.70. The Hall–Kier alpha value is -1.32. The van der Waals surface area contributed by atoms with Gasteiger partial charge in [0.25, 0.3) is 0 Å². The van der Waals surface area contributed by atoms with Gasteiger partial charge < -0.3 is 5.32 Å². The first-order valence-electron chi connectivity index (χ1n) is 6.22. The van der Waals surface area contributed by atoms with E-state index in [9.17, 15) is 0 Å². The Balaban J connectivity index is 1.75. The molecule has 3 rings (SSSR count). The Labute approximate surface area is 112 Å². The monoisotopic (exact) mass is 256 g/mol. The Kier molecular flexibility index (Phi) is 3.35. The average Bonchev–Trinajstić information content (AvgIpc) is 2.83. The number of hydrogen-bond acceptors (Lipinski definition) is 3. The fourth-order valence-corrected chi connectivity index (χ4v) is 3.52. The number of thioether (sulfide) groups is 1. The van der Waals surface area contributed by atoms with Gasteiger partial charge in [-0.2, -0.15) is 0 Å². The van der Waals surface area contributed by atoms with Gasteiger partial charge in [0.1, 0.15) is 0 Å². The lowest BCUT2D eigenvalue weighted by atomic mass is 10.1. The first-order chi connectivity index (χ1) is 8.84. The molecule has 0 aliphatic carbocycles. The van der Waals surface area contributed by atoms with E-state index in [1.807, 2.05) is 24.2 Å². The Bertz CT molecular complexity index is 527. The van der Waals surface area contributed by atoms with Crippen molar-refractivity contribution < 1.29 is 0 Å². The smallest absolute Gasteiger partial charge is 0.0431 e. The lowest BCUT2D eigenvalue weighted by Gasteiger charge is -2.20. The van der Waals surface area contributed by atoms with Crippen LogP contribution in [0.1, 0.15) is 30.1 Å². The third-order valence-corrected chi connectivity index (χ3v) is 4.54. The van der Waals surface area contributed by atoms with Crippen LogP contribution in [-0.2, 0) is 0 Å². The molecular formula is C15H16N2S. The van der Waals surface area contributed by atoms with Gasteiger partial charge in [0, 0.05) is 35.1 Å². The molecule has 1 N–H and O–H groups in total. The topological polar surface area (TPSA) is 24.9 Å². The minimum Gasteiger partial charge on any atom is -0.303 e. The maximum atomic E-state index is 4.06. The van der Waals surface area contributed by atoms with E-state index in [1.54, 1.807) is 0 Å². The van der Waals surface area contributed by atoms with Gasteiger partial charge in [-0.15, -0.1) is 11.8 Å². The third-order valence-electron chi connectivity index (χ3n) is 3.36. The number of pyridine rings is 1. The Morgan fingerprint density at radius 2 is 2.00 bits per heavy atom. The highest BCUT2D eigenvalue weighted by Gasteiger charge is 2.23. The standard InChI is InChI=1S/C15H16N2S/c1-11(12-6-8-16-9-7-12)17-14-10-18-15-5-3-2-4-13(14)15/h2-9,11,14,17H,10H2,1H3/t11-,14?/m0/s1. The zero-order chi connectivity index (χ0) is 12.4. The summed E-state index contributed by atoms with van der Waals surface area (Å²) in [5.41, 5.74) is 2.72. The van der Waals surface area contributed by atoms with E-state index < -0.39 is 0 Å². The summed E-state index contributed by atoms with van der Waals surface area (Å²) in [6.45, 7) is 2.21. The summed E-state index contributed by atoms with van der Waals surface area (Å²) in [6, 6.07) is 13.6. The third kappa shape index (κ3) is 2.28. The van der Waals surface area contributed by atoms with E-state index in [0.29, 0.717) is 12.1 Å². The van der Waals surface area contributed by atoms with Gasteiger partial charge in [0.2, 0.25) is 0 Å². The lowest BCUT2D eigenvalue weighted by Crippen LogP contribution is -2.24. The second-order valence-electron chi connectivity index (χ2n) is 4.57. The van der Waals surface area contributed by atoms with Crippen molar-refractivity contribution in [2.45, 2.75) is 23.9 Å². The average molecular weight is 256 g/mol. The zero-order valence-corrected chi connectivity index (χ0v) is 11.2. The SMILES string of the molecule is C[C@H](NC1CSc2ccccc21)c1ccncc1. The fraction of sp³-hybridized carbons (Fsp3) is 0.267. The van der Waals surface area contributed by atoms with Crippen molar-refractivity contribution in [3.8, 4) is 0 Å². The van der Waals surface area contributed by atoms with Gasteiger partial charge in [0.15, 0.2) is 0 Å². The van der Waals surface area contributed by atoms with E-state index in [1.165, 1.54) is 16.0 Å². The molecule has 0 bridgehead atoms. The van der Waals surface area contributed by atoms with Crippen molar-refractivity contribution in [2.24, 2.45) is 0 Å². The van der Waals surface area contributed by atoms with Crippen LogP contribution in [0, 0.1) is 0 Å². The highest BCUT2D eigenvalue weighted by atomic mass is 32.2. The molecule has 1 aliphatic rings. The minimum atomic E-state index is 0.352. The van der Waals surface area contributed by atoms with Crippen molar-refractivity contribution in [3.05, 3.63) is 59.9 Å². The molecule has 18 heavy (non-hydrogen) atoms. The molecule has 2 aromatic rings. The summed E-state index contributed by atoms with van der Waals surface area (Å²) in [4.78, 5) is 5.48. The molecule has 1 aromatic heterocycles. The molecule has 2 heterocycles. The largest absolute Gasteiger partial charge is 0.303 e. The first-order valence-corrected chi connectivity index (χ1v) is 7.21. The molecule has 2 nitrogen and oxygen atoms in total. The highest BCUT2D eigenvalue weighted by Crippen LogP contribution is 2.38. The summed E-state index contributed by atoms with van der Waals surface area (Å²) in [5.74, 6) is 1.12. The second-order valence-corrected chi connectivity index (χ2v) is 5.63. The van der Waals surface area contributed by atoms with Crippen LogP contribution in [0.3, 0.4) is 0 Å². The predicted molar refractivity (Wildman–Crippen MR) is 75.7 cm³/mol. The number of fused-ring (bicyclic) bond motifs is 1. The minimum absolute atomic E-state index is 0.352. The molecule has 1 aromatic carbocycles. The molecule has 0 fully saturated rings. The van der Waals surface area contributed by atoms with Crippen LogP contribution in [0.4, 0.5) is 0 Å². The molecule has 1 unspecified atom stereocenters. The van der Waals surface area contributed by atoms with E-state index in [-0.39, 0.29) is 0 Å². The number of nitrogens with one attached hydrogen (secondary N) is 1. The molecular weight excluding hydrogens is 240 g/mol. The van der Waals surface area contributed by atoms with Crippen LogP contribution in [-0.4, -0.2) is 10.7 Å². The second kappa shape index (κ2) is 5.12. The summed E-state index contributed by atoms with van der Waals surface area (Å²) in [5, 5.41) is 3.70. The van der Waals surface area contributed by atoms with Gasteiger partial charge in [0.05, 0.1) is 0 Å². The molecule has 0 saturated heterocycles. The molecule has 2 atom stereocenters. The van der Waals surface area contributed by atoms with E-state index in [0.717, 1.165) is 5.75 Å². The number of nitrogens with zero attached hydrogens (tertiary/aromatic N) is 1. The molecule has 92 valence electrons. The van der Waals surface area contributed by atoms with Crippen LogP contribution >= 0.6 is 11.8 Å². The van der Waals surface area contributed by atoms with Crippen LogP contribution in [0.2, 0.25) is 0 Å². The Morgan fingerprint density at radius 3 is 2.83 bits per heavy atom. The number of aromatic nitrogens is 1. The van der Waals surface area contributed by atoms with Crippen LogP contribution in [0.25, 0.3) is 0 Å². The van der Waals surface area contributed by atoms with Gasteiger partial charge in [-0.3, -0.25) is 4.98 Å². The quantitative estimate of drug-likeness (QED) is 0.908. The predicted octanol–water partition coefficient (Wildman–Crippen LogP) is 3.58. The van der Waals surface area contributed by atoms with Gasteiger partial charge in [-0.05, 0) is 36.2 Å². The van der Waals surface area contributed by atoms with E-state index in [4.69, 9.17) is 0 Å². The maximum absolute atomic E-state index is 4.06. The molecule has 0 spiro atoms. The molecule has 3 heteroatoms. The van der Waals surface area contributed by atoms with Gasteiger partial charge in [-0.25, -0.2) is 0 Å². The van der Waals surface area contributed by atoms with Gasteiger partial charge >= 0.3 is 0 Å². The highest BCUT2D eigenvalue weighted by molar-refractivity contribution is 7.99. The van der Waals surface area contributed by atoms with Gasteiger partial charge in [-0.1, -0.05) is 18.2 Å². The Morgan fingerprint density at radius 1 is 1.22 bits per heavy atom. The first kappa shape index (κ1) is 11.8. The van der Waals surface area contributed by atoms with Crippen molar-refractivity contribution in [1.29, 1.82) is 0 Å². The van der Waals surface area contributed by atoms with Crippen molar-refractivity contribution in [2.75, 3.05) is 5.75 Å². The number of rotatable bonds is 3.